The van der Waals surface area contributed by atoms with Crippen LogP contribution in [-0.4, -0.2) is 24.9 Å². The molecule has 0 aliphatic carbocycles. The Hall–Kier alpha value is -2.82. The standard InChI is InChI=1S/C18H16N2O3/c21-17-15-10-20(11-16(15)18(22)19-17)12-6-8-14(9-7-12)23-13-4-2-1-3-5-13/h1-9,15-16H,10-11H2,(H,19,21,22)/t15-,16+. The first-order valence-electron chi connectivity index (χ1n) is 7.63. The number of anilines is 1. The first-order valence-corrected chi connectivity index (χ1v) is 7.63. The van der Waals surface area contributed by atoms with Gasteiger partial charge < -0.3 is 9.64 Å². The SMILES string of the molecule is O=C1NC(=O)[C@@H]2CN(c3ccc(Oc4ccccc4)cc3)C[C@H]12. The highest BCUT2D eigenvalue weighted by molar-refractivity contribution is 6.06. The average molecular weight is 308 g/mol. The quantitative estimate of drug-likeness (QED) is 0.883. The Morgan fingerprint density at radius 2 is 1.39 bits per heavy atom. The molecule has 0 saturated carbocycles. The number of hydrogen-bond donors (Lipinski definition) is 1. The van der Waals surface area contributed by atoms with Crippen molar-refractivity contribution < 1.29 is 14.3 Å². The molecule has 0 bridgehead atoms. The fraction of sp³-hybridized carbons (Fsp3) is 0.222. The van der Waals surface area contributed by atoms with Gasteiger partial charge in [-0.25, -0.2) is 0 Å². The van der Waals surface area contributed by atoms with Gasteiger partial charge in [0.05, 0.1) is 11.8 Å². The second-order valence-corrected chi connectivity index (χ2v) is 5.88. The van der Waals surface area contributed by atoms with Gasteiger partial charge in [-0.05, 0) is 36.4 Å². The molecule has 2 heterocycles. The molecule has 2 aliphatic heterocycles. The minimum Gasteiger partial charge on any atom is -0.457 e. The van der Waals surface area contributed by atoms with Gasteiger partial charge in [0.15, 0.2) is 0 Å². The van der Waals surface area contributed by atoms with Crippen molar-refractivity contribution in [3.05, 3.63) is 54.6 Å². The third kappa shape index (κ3) is 2.54. The van der Waals surface area contributed by atoms with Crippen molar-refractivity contribution in [2.24, 2.45) is 11.8 Å². The Bertz CT molecular complexity index is 721. The van der Waals surface area contributed by atoms with Gasteiger partial charge in [-0.15, -0.1) is 0 Å². The van der Waals surface area contributed by atoms with Gasteiger partial charge in [-0.1, -0.05) is 18.2 Å². The molecular weight excluding hydrogens is 292 g/mol. The number of imide groups is 1. The van der Waals surface area contributed by atoms with Crippen LogP contribution in [0.15, 0.2) is 54.6 Å². The van der Waals surface area contributed by atoms with Crippen LogP contribution in [0, 0.1) is 11.8 Å². The van der Waals surface area contributed by atoms with Gasteiger partial charge in [-0.2, -0.15) is 0 Å². The van der Waals surface area contributed by atoms with E-state index < -0.39 is 0 Å². The number of nitrogens with one attached hydrogen (secondary N) is 1. The topological polar surface area (TPSA) is 58.6 Å². The molecule has 5 nitrogen and oxygen atoms in total. The Morgan fingerprint density at radius 3 is 2.00 bits per heavy atom. The minimum atomic E-state index is -0.220. The van der Waals surface area contributed by atoms with Crippen LogP contribution in [0.2, 0.25) is 0 Å². The summed E-state index contributed by atoms with van der Waals surface area (Å²) in [6.45, 7) is 1.17. The van der Waals surface area contributed by atoms with E-state index in [1.54, 1.807) is 0 Å². The van der Waals surface area contributed by atoms with Gasteiger partial charge in [0, 0.05) is 18.8 Å². The lowest BCUT2D eigenvalue weighted by atomic mass is 10.00. The van der Waals surface area contributed by atoms with Gasteiger partial charge in [0.25, 0.3) is 0 Å². The second kappa shape index (κ2) is 5.43. The lowest BCUT2D eigenvalue weighted by molar-refractivity contribution is -0.126. The Kier molecular flexibility index (Phi) is 3.26. The number of benzene rings is 2. The molecule has 2 atom stereocenters. The average Bonchev–Trinajstić information content (AvgIpc) is 3.11. The zero-order valence-electron chi connectivity index (χ0n) is 12.4. The molecular formula is C18H16N2O3. The molecule has 1 N–H and O–H groups in total. The molecule has 0 spiro atoms. The summed E-state index contributed by atoms with van der Waals surface area (Å²) in [7, 11) is 0. The van der Waals surface area contributed by atoms with Crippen LogP contribution in [0.1, 0.15) is 0 Å². The van der Waals surface area contributed by atoms with Gasteiger partial charge >= 0.3 is 0 Å². The molecule has 4 rings (SSSR count). The number of carbonyl (C=O) groups excluding carboxylic acids is 2. The van der Waals surface area contributed by atoms with Crippen LogP contribution in [0.4, 0.5) is 5.69 Å². The molecule has 2 amide bonds. The third-order valence-corrected chi connectivity index (χ3v) is 4.42. The predicted molar refractivity (Wildman–Crippen MR) is 85.3 cm³/mol. The van der Waals surface area contributed by atoms with Crippen LogP contribution >= 0.6 is 0 Å². The van der Waals surface area contributed by atoms with E-state index in [0.717, 1.165) is 17.2 Å². The zero-order chi connectivity index (χ0) is 15.8. The van der Waals surface area contributed by atoms with Crippen molar-refractivity contribution in [2.75, 3.05) is 18.0 Å². The van der Waals surface area contributed by atoms with E-state index in [2.05, 4.69) is 10.2 Å². The lowest BCUT2D eigenvalue weighted by Crippen LogP contribution is -2.31. The number of hydrogen-bond acceptors (Lipinski definition) is 4. The number of ether oxygens (including phenoxy) is 1. The van der Waals surface area contributed by atoms with Crippen LogP contribution < -0.4 is 15.0 Å². The number of carbonyl (C=O) groups is 2. The molecule has 0 aromatic heterocycles. The molecule has 2 fully saturated rings. The van der Waals surface area contributed by atoms with Crippen molar-refractivity contribution in [3.8, 4) is 11.5 Å². The highest BCUT2D eigenvalue weighted by Crippen LogP contribution is 2.33. The van der Waals surface area contributed by atoms with E-state index in [1.807, 2.05) is 54.6 Å². The Morgan fingerprint density at radius 1 is 0.826 bits per heavy atom. The summed E-state index contributed by atoms with van der Waals surface area (Å²) in [4.78, 5) is 25.5. The molecule has 0 unspecified atom stereocenters. The smallest absolute Gasteiger partial charge is 0.232 e. The van der Waals surface area contributed by atoms with Crippen LogP contribution in [0.5, 0.6) is 11.5 Å². The molecule has 23 heavy (non-hydrogen) atoms. The highest BCUT2D eigenvalue weighted by atomic mass is 16.5. The normalized spacial score (nSPS) is 22.9. The van der Waals surface area contributed by atoms with Crippen LogP contribution in [0.25, 0.3) is 0 Å². The molecule has 2 aromatic carbocycles. The summed E-state index contributed by atoms with van der Waals surface area (Å²) in [5.41, 5.74) is 1.00. The summed E-state index contributed by atoms with van der Waals surface area (Å²) in [6, 6.07) is 17.3. The van der Waals surface area contributed by atoms with Gasteiger partial charge in [-0.3, -0.25) is 14.9 Å². The third-order valence-electron chi connectivity index (χ3n) is 4.42. The first kappa shape index (κ1) is 13.8. The summed E-state index contributed by atoms with van der Waals surface area (Å²) in [5.74, 6) is 0.815. The Balaban J connectivity index is 1.47. The van der Waals surface area contributed by atoms with E-state index in [9.17, 15) is 9.59 Å². The second-order valence-electron chi connectivity index (χ2n) is 5.88. The van der Waals surface area contributed by atoms with Crippen molar-refractivity contribution >= 4 is 17.5 Å². The maximum atomic E-state index is 11.7. The molecule has 2 saturated heterocycles. The van der Waals surface area contributed by atoms with E-state index in [0.29, 0.717) is 13.1 Å². The fourth-order valence-corrected chi connectivity index (χ4v) is 3.20. The summed E-state index contributed by atoms with van der Waals surface area (Å²) in [6.07, 6.45) is 0. The van der Waals surface area contributed by atoms with Crippen molar-refractivity contribution in [3.63, 3.8) is 0 Å². The number of nitrogens with zero attached hydrogens (tertiary/aromatic N) is 1. The van der Waals surface area contributed by atoms with Crippen molar-refractivity contribution in [2.45, 2.75) is 0 Å². The molecule has 2 aliphatic rings. The highest BCUT2D eigenvalue weighted by Gasteiger charge is 2.47. The largest absolute Gasteiger partial charge is 0.457 e. The van der Waals surface area contributed by atoms with Gasteiger partial charge in [0.2, 0.25) is 11.8 Å². The molecule has 0 radical (unpaired) electrons. The monoisotopic (exact) mass is 308 g/mol. The maximum absolute atomic E-state index is 11.7. The first-order chi connectivity index (χ1) is 11.2. The number of para-hydroxylation sites is 1. The summed E-state index contributed by atoms with van der Waals surface area (Å²) < 4.78 is 5.77. The number of fused-ring (bicyclic) bond motifs is 1. The number of rotatable bonds is 3. The van der Waals surface area contributed by atoms with E-state index in [-0.39, 0.29) is 23.7 Å². The molecule has 116 valence electrons. The molecule has 5 heteroatoms. The summed E-state index contributed by atoms with van der Waals surface area (Å²) in [5, 5.41) is 2.40. The zero-order valence-corrected chi connectivity index (χ0v) is 12.4. The van der Waals surface area contributed by atoms with Crippen LogP contribution in [-0.2, 0) is 9.59 Å². The summed E-state index contributed by atoms with van der Waals surface area (Å²) >= 11 is 0. The van der Waals surface area contributed by atoms with E-state index in [4.69, 9.17) is 4.74 Å². The molecule has 2 aromatic rings. The van der Waals surface area contributed by atoms with E-state index >= 15 is 0 Å². The lowest BCUT2D eigenvalue weighted by Gasteiger charge is -2.19. The maximum Gasteiger partial charge on any atom is 0.232 e. The van der Waals surface area contributed by atoms with Crippen molar-refractivity contribution in [1.82, 2.24) is 5.32 Å². The van der Waals surface area contributed by atoms with Crippen molar-refractivity contribution in [1.29, 1.82) is 0 Å². The Labute approximate surface area is 133 Å². The minimum absolute atomic E-state index is 0.147. The van der Waals surface area contributed by atoms with Crippen LogP contribution in [0.3, 0.4) is 0 Å². The number of amides is 2. The van der Waals surface area contributed by atoms with Gasteiger partial charge in [0.1, 0.15) is 11.5 Å². The van der Waals surface area contributed by atoms with E-state index in [1.165, 1.54) is 0 Å². The fourth-order valence-electron chi connectivity index (χ4n) is 3.20. The predicted octanol–water partition coefficient (Wildman–Crippen LogP) is 2.19.